The number of aromatic nitrogens is 2. The summed E-state index contributed by atoms with van der Waals surface area (Å²) in [5.41, 5.74) is 2.39. The van der Waals surface area contributed by atoms with Gasteiger partial charge < -0.3 is 14.9 Å². The van der Waals surface area contributed by atoms with Gasteiger partial charge in [0.1, 0.15) is 0 Å². The van der Waals surface area contributed by atoms with Crippen molar-refractivity contribution in [3.63, 3.8) is 0 Å². The van der Waals surface area contributed by atoms with Crippen molar-refractivity contribution in [1.29, 1.82) is 0 Å². The van der Waals surface area contributed by atoms with Crippen LogP contribution in [0.15, 0.2) is 48.8 Å². The molecule has 0 aliphatic heterocycles. The molecule has 27 heavy (non-hydrogen) atoms. The van der Waals surface area contributed by atoms with Gasteiger partial charge in [0.05, 0.1) is 0 Å². The number of hydrogen-bond acceptors (Lipinski definition) is 2. The average Bonchev–Trinajstić information content (AvgIpc) is 2.58. The molecule has 2 heterocycles. The largest absolute Gasteiger partial charge is 0.358 e. The van der Waals surface area contributed by atoms with Crippen molar-refractivity contribution in [3.8, 4) is 0 Å². The van der Waals surface area contributed by atoms with Crippen molar-refractivity contribution in [2.45, 2.75) is 74.7 Å². The van der Waals surface area contributed by atoms with E-state index in [1.165, 1.54) is 24.2 Å². The molecular weight excluding hydrogens is 510 g/mol. The minimum Gasteiger partial charge on any atom is -0.358 e. The van der Waals surface area contributed by atoms with Crippen molar-refractivity contribution < 1.29 is 39.0 Å². The van der Waals surface area contributed by atoms with Gasteiger partial charge in [0.15, 0.2) is 0 Å². The molecule has 0 spiro atoms. The van der Waals surface area contributed by atoms with Crippen LogP contribution in [-0.2, 0) is 51.8 Å². The Morgan fingerprint density at radius 1 is 0.630 bits per heavy atom. The van der Waals surface area contributed by atoms with Crippen LogP contribution in [-0.4, -0.2) is 9.97 Å². The van der Waals surface area contributed by atoms with Gasteiger partial charge in [-0.1, -0.05) is 73.9 Å². The summed E-state index contributed by atoms with van der Waals surface area (Å²) in [4.78, 5) is 8.19. The van der Waals surface area contributed by atoms with Crippen LogP contribution in [0.3, 0.4) is 0 Å². The molecule has 4 heteroatoms. The number of nitrogens with zero attached hydrogens (tertiary/aromatic N) is 2. The number of pyridine rings is 2. The van der Waals surface area contributed by atoms with Gasteiger partial charge >= 0.3 is 0 Å². The minimum absolute atomic E-state index is 0. The van der Waals surface area contributed by atoms with Crippen LogP contribution in [0, 0.1) is 14.9 Å². The Morgan fingerprint density at radius 2 is 0.963 bits per heavy atom. The van der Waals surface area contributed by atoms with Crippen molar-refractivity contribution in [1.82, 2.24) is 9.97 Å². The Morgan fingerprint density at radius 3 is 1.15 bits per heavy atom. The van der Waals surface area contributed by atoms with Gasteiger partial charge in [-0.25, -0.2) is 0 Å². The van der Waals surface area contributed by atoms with Gasteiger partial charge in [-0.05, 0) is 37.1 Å². The zero-order valence-corrected chi connectivity index (χ0v) is 21.3. The molecule has 0 atom stereocenters. The van der Waals surface area contributed by atoms with Crippen LogP contribution in [0.5, 0.6) is 0 Å². The molecule has 2 nitrogen and oxygen atoms in total. The van der Waals surface area contributed by atoms with Crippen LogP contribution in [0.1, 0.15) is 73.2 Å². The molecule has 2 rings (SSSR count). The smallest absolute Gasteiger partial charge is 0.0404 e. The van der Waals surface area contributed by atoms with Gasteiger partial charge in [0.2, 0.25) is 0 Å². The van der Waals surface area contributed by atoms with E-state index in [1.807, 2.05) is 18.2 Å². The van der Waals surface area contributed by atoms with Gasteiger partial charge in [0.25, 0.3) is 0 Å². The zero-order valence-electron chi connectivity index (χ0n) is 18.0. The van der Waals surface area contributed by atoms with E-state index in [0.717, 1.165) is 12.8 Å². The van der Waals surface area contributed by atoms with Crippen molar-refractivity contribution in [2.24, 2.45) is 0 Å². The Balaban J connectivity index is -0.0000000416. The molecule has 0 aromatic carbocycles. The quantitative estimate of drug-likeness (QED) is 0.282. The van der Waals surface area contributed by atoms with Gasteiger partial charge in [-0.2, -0.15) is 0 Å². The third kappa shape index (κ3) is 37.1. The molecule has 0 bridgehead atoms. The Hall–Kier alpha value is -0.453. The first-order valence-corrected chi connectivity index (χ1v) is 8.49. The molecule has 166 valence electrons. The van der Waals surface area contributed by atoms with E-state index in [0.29, 0.717) is 0 Å². The average molecular weight is 554 g/mol. The Labute approximate surface area is 197 Å². The van der Waals surface area contributed by atoms with Crippen molar-refractivity contribution in [2.75, 3.05) is 0 Å². The minimum atomic E-state index is 0. The maximum atomic E-state index is 4.41. The second kappa shape index (κ2) is 40.3. The number of aryl methyl sites for hydroxylation is 2. The molecule has 0 N–H and O–H groups in total. The predicted molar refractivity (Wildman–Crippen MR) is 119 cm³/mol. The fraction of sp³-hybridized carbons (Fsp3) is 0.478. The topological polar surface area (TPSA) is 25.8 Å². The third-order valence-corrected chi connectivity index (χ3v) is 2.16. The van der Waals surface area contributed by atoms with E-state index in [9.17, 15) is 0 Å². The molecule has 0 unspecified atom stereocenters. The molecular formula is C23H44N2Rh2-2. The number of hydrogen-bond donors (Lipinski definition) is 0. The maximum Gasteiger partial charge on any atom is 0.0404 e. The van der Waals surface area contributed by atoms with Crippen molar-refractivity contribution >= 4 is 0 Å². The molecule has 2 aromatic rings. The van der Waals surface area contributed by atoms with E-state index in [1.54, 1.807) is 12.4 Å². The Bertz CT molecular complexity index is 376. The van der Waals surface area contributed by atoms with E-state index in [2.05, 4.69) is 69.7 Å². The van der Waals surface area contributed by atoms with Crippen LogP contribution >= 0.6 is 0 Å². The normalized spacial score (nSPS) is 6.74. The summed E-state index contributed by atoms with van der Waals surface area (Å²) in [5.74, 6) is 0. The fourth-order valence-electron chi connectivity index (χ4n) is 1.24. The predicted octanol–water partition coefficient (Wildman–Crippen LogP) is 7.65. The van der Waals surface area contributed by atoms with Gasteiger partial charge in [-0.15, -0.1) is 0 Å². The van der Waals surface area contributed by atoms with Crippen LogP contribution in [0.4, 0.5) is 0 Å². The van der Waals surface area contributed by atoms with E-state index < -0.39 is 0 Å². The third-order valence-electron chi connectivity index (χ3n) is 2.16. The van der Waals surface area contributed by atoms with Crippen LogP contribution in [0.2, 0.25) is 0 Å². The second-order valence-corrected chi connectivity index (χ2v) is 4.77. The number of rotatable bonds is 2. The molecule has 2 aromatic heterocycles. The first-order valence-electron chi connectivity index (χ1n) is 8.49. The molecule has 0 saturated carbocycles. The summed E-state index contributed by atoms with van der Waals surface area (Å²) < 4.78 is 0. The summed E-state index contributed by atoms with van der Waals surface area (Å²) in [6.07, 6.45) is 8.07. The standard InChI is InChI=1S/C9H13N.C5H5N.2C3H8.CH4.2CH3.2Rh/c1-3-8-6-5-7-9(4-2)10-8;1-2-4-6-5-3-1;2*1-3-2;;;;;/h5-7H,3-4H2,1-2H3;1-5H;2*3H2,1-2H3;1H4;2*1H3;;/q;;;;;2*-1;;. The first kappa shape index (κ1) is 45.3. The summed E-state index contributed by atoms with van der Waals surface area (Å²) in [7, 11) is 0. The summed E-state index contributed by atoms with van der Waals surface area (Å²) in [6, 6.07) is 11.9. The maximum absolute atomic E-state index is 4.41. The second-order valence-electron chi connectivity index (χ2n) is 4.77. The first-order chi connectivity index (χ1) is 10.7. The van der Waals surface area contributed by atoms with Crippen LogP contribution < -0.4 is 0 Å². The molecule has 0 fully saturated rings. The van der Waals surface area contributed by atoms with Crippen LogP contribution in [0.25, 0.3) is 0 Å². The molecule has 0 amide bonds. The summed E-state index contributed by atoms with van der Waals surface area (Å²) in [6.45, 7) is 12.8. The van der Waals surface area contributed by atoms with E-state index in [4.69, 9.17) is 0 Å². The molecule has 0 aliphatic rings. The van der Waals surface area contributed by atoms with Crippen molar-refractivity contribution in [3.05, 3.63) is 75.0 Å². The fourth-order valence-corrected chi connectivity index (χ4v) is 1.24. The molecule has 2 radical (unpaired) electrons. The summed E-state index contributed by atoms with van der Waals surface area (Å²) in [5, 5.41) is 0. The summed E-state index contributed by atoms with van der Waals surface area (Å²) >= 11 is 0. The van der Waals surface area contributed by atoms with E-state index in [-0.39, 0.29) is 61.2 Å². The van der Waals surface area contributed by atoms with Gasteiger partial charge in [0, 0.05) is 62.7 Å². The zero-order chi connectivity index (χ0) is 17.1. The van der Waals surface area contributed by atoms with E-state index >= 15 is 0 Å². The monoisotopic (exact) mass is 554 g/mol. The SMILES string of the molecule is C.CCC.CCC.CCc1cccc(CC)n1.[CH3-].[CH3-].[Rh].[Rh].c1ccncc1. The molecule has 0 saturated heterocycles. The molecule has 0 aliphatic carbocycles. The Kier molecular flexibility index (Phi) is 67.7. The van der Waals surface area contributed by atoms with Gasteiger partial charge in [-0.3, -0.25) is 9.97 Å².